The first-order valence-corrected chi connectivity index (χ1v) is 24.5. The largest absolute Gasteiger partial charge is 0.481 e. The summed E-state index contributed by atoms with van der Waals surface area (Å²) in [6.45, 7) is 4.56. The maximum Gasteiger partial charge on any atom is 0.303 e. The number of carboxylic acids is 2. The maximum absolute atomic E-state index is 10.5. The Kier molecular flexibility index (Phi) is 51.9. The molecule has 0 aromatic heterocycles. The van der Waals surface area contributed by atoms with Crippen molar-refractivity contribution in [3.05, 3.63) is 0 Å². The average molecular weight is 751 g/mol. The van der Waals surface area contributed by atoms with Crippen LogP contribution < -0.4 is 0 Å². The second-order valence-corrected chi connectivity index (χ2v) is 16.8. The van der Waals surface area contributed by atoms with E-state index in [1.54, 1.807) is 0 Å². The van der Waals surface area contributed by atoms with Gasteiger partial charge in [-0.15, -0.1) is 0 Å². The van der Waals surface area contributed by atoms with Gasteiger partial charge in [-0.25, -0.2) is 0 Å². The van der Waals surface area contributed by atoms with Gasteiger partial charge in [0.1, 0.15) is 0 Å². The van der Waals surface area contributed by atoms with Crippen LogP contribution >= 0.6 is 0 Å². The Hall–Kier alpha value is -1.06. The summed E-state index contributed by atoms with van der Waals surface area (Å²) in [6.07, 6.45) is 59.7. The normalized spacial score (nSPS) is 11.1. The average Bonchev–Trinajstić information content (AvgIpc) is 3.14. The minimum absolute atomic E-state index is 0.345. The summed E-state index contributed by atoms with van der Waals surface area (Å²) in [7, 11) is 0. The predicted octanol–water partition coefficient (Wildman–Crippen LogP) is 17.7. The lowest BCUT2D eigenvalue weighted by Crippen LogP contribution is -1.93. The molecule has 0 spiro atoms. The highest BCUT2D eigenvalue weighted by Gasteiger charge is 1.99. The van der Waals surface area contributed by atoms with Crippen LogP contribution in [0.1, 0.15) is 303 Å². The molecule has 0 aliphatic carbocycles. The van der Waals surface area contributed by atoms with Gasteiger partial charge in [0, 0.05) is 12.8 Å². The number of rotatable bonds is 45. The van der Waals surface area contributed by atoms with Crippen LogP contribution in [0.25, 0.3) is 0 Å². The Bertz CT molecular complexity index is 677. The molecule has 0 radical (unpaired) electrons. The number of aliphatic carboxylic acids is 2. The monoisotopic (exact) mass is 751 g/mol. The van der Waals surface area contributed by atoms with Crippen molar-refractivity contribution in [2.45, 2.75) is 303 Å². The Morgan fingerprint density at radius 1 is 0.226 bits per heavy atom. The van der Waals surface area contributed by atoms with E-state index >= 15 is 0 Å². The molecular weight excluding hydrogens is 653 g/mol. The summed E-state index contributed by atoms with van der Waals surface area (Å²) < 4.78 is 0. The van der Waals surface area contributed by atoms with Gasteiger partial charge in [-0.1, -0.05) is 277 Å². The van der Waals surface area contributed by atoms with Crippen LogP contribution in [0, 0.1) is 0 Å². The third-order valence-corrected chi connectivity index (χ3v) is 11.2. The van der Waals surface area contributed by atoms with Crippen molar-refractivity contribution < 1.29 is 19.8 Å². The summed E-state index contributed by atoms with van der Waals surface area (Å²) in [5.41, 5.74) is 0. The van der Waals surface area contributed by atoms with Crippen molar-refractivity contribution in [3.8, 4) is 0 Å². The molecule has 0 aromatic rings. The van der Waals surface area contributed by atoms with E-state index in [-0.39, 0.29) is 0 Å². The second kappa shape index (κ2) is 50.9. The molecule has 0 saturated heterocycles. The second-order valence-electron chi connectivity index (χ2n) is 16.8. The fraction of sp³-hybridized carbons (Fsp3) is 0.959. The summed E-state index contributed by atoms with van der Waals surface area (Å²) in [5.74, 6) is -1.30. The Morgan fingerprint density at radius 2 is 0.340 bits per heavy atom. The van der Waals surface area contributed by atoms with E-state index in [4.69, 9.17) is 10.2 Å². The number of carbonyl (C=O) groups is 2. The highest BCUT2D eigenvalue weighted by Crippen LogP contribution is 2.17. The van der Waals surface area contributed by atoms with Gasteiger partial charge < -0.3 is 10.2 Å². The van der Waals surface area contributed by atoms with Gasteiger partial charge >= 0.3 is 11.9 Å². The molecule has 0 saturated carbocycles. The molecule has 4 heteroatoms. The van der Waals surface area contributed by atoms with Gasteiger partial charge in [0.05, 0.1) is 0 Å². The first-order valence-electron chi connectivity index (χ1n) is 24.5. The summed E-state index contributed by atoms with van der Waals surface area (Å²) in [4.78, 5) is 20.8. The van der Waals surface area contributed by atoms with Crippen LogP contribution in [0.2, 0.25) is 0 Å². The van der Waals surface area contributed by atoms with Crippen molar-refractivity contribution in [3.63, 3.8) is 0 Å². The van der Waals surface area contributed by atoms with Crippen LogP contribution in [0.4, 0.5) is 0 Å². The molecule has 0 aliphatic heterocycles. The molecular formula is C49H98O4. The van der Waals surface area contributed by atoms with Gasteiger partial charge in [-0.3, -0.25) is 9.59 Å². The fourth-order valence-electron chi connectivity index (χ4n) is 7.59. The quantitative estimate of drug-likeness (QED) is 0.0608. The first kappa shape index (κ1) is 54.0. The van der Waals surface area contributed by atoms with Crippen LogP contribution in [0.5, 0.6) is 0 Å². The zero-order valence-electron chi connectivity index (χ0n) is 36.5. The van der Waals surface area contributed by atoms with Crippen molar-refractivity contribution in [1.82, 2.24) is 0 Å². The van der Waals surface area contributed by atoms with E-state index in [0.29, 0.717) is 12.8 Å². The van der Waals surface area contributed by atoms with E-state index in [2.05, 4.69) is 13.8 Å². The molecule has 318 valence electrons. The number of carboxylic acid groups (broad SMARTS) is 2. The molecule has 0 unspecified atom stereocenters. The van der Waals surface area contributed by atoms with Gasteiger partial charge in [-0.05, 0) is 12.8 Å². The highest BCUT2D eigenvalue weighted by molar-refractivity contribution is 5.66. The zero-order chi connectivity index (χ0) is 39.0. The zero-order valence-corrected chi connectivity index (χ0v) is 36.5. The minimum atomic E-state index is -0.654. The summed E-state index contributed by atoms with van der Waals surface area (Å²) in [6, 6.07) is 0. The van der Waals surface area contributed by atoms with Crippen LogP contribution in [0.15, 0.2) is 0 Å². The Labute approximate surface area is 333 Å². The summed E-state index contributed by atoms with van der Waals surface area (Å²) in [5, 5.41) is 17.1. The van der Waals surface area contributed by atoms with Crippen LogP contribution in [-0.2, 0) is 9.59 Å². The number of hydrogen-bond acceptors (Lipinski definition) is 2. The van der Waals surface area contributed by atoms with Gasteiger partial charge in [0.2, 0.25) is 0 Å². The van der Waals surface area contributed by atoms with Crippen molar-refractivity contribution >= 4 is 11.9 Å². The third-order valence-electron chi connectivity index (χ3n) is 11.2. The molecule has 0 heterocycles. The molecule has 0 fully saturated rings. The van der Waals surface area contributed by atoms with E-state index in [1.807, 2.05) is 0 Å². The van der Waals surface area contributed by atoms with Gasteiger partial charge in [0.25, 0.3) is 0 Å². The third kappa shape index (κ3) is 57.8. The van der Waals surface area contributed by atoms with E-state index < -0.39 is 11.9 Å². The first-order chi connectivity index (χ1) is 26.0. The highest BCUT2D eigenvalue weighted by atomic mass is 16.4. The molecule has 0 rings (SSSR count). The molecule has 53 heavy (non-hydrogen) atoms. The van der Waals surface area contributed by atoms with E-state index in [9.17, 15) is 9.59 Å². The van der Waals surface area contributed by atoms with Crippen molar-refractivity contribution in [2.24, 2.45) is 0 Å². The fourth-order valence-corrected chi connectivity index (χ4v) is 7.59. The van der Waals surface area contributed by atoms with Crippen molar-refractivity contribution in [1.29, 1.82) is 0 Å². The lowest BCUT2D eigenvalue weighted by molar-refractivity contribution is -0.138. The van der Waals surface area contributed by atoms with E-state index in [1.165, 1.54) is 250 Å². The van der Waals surface area contributed by atoms with Crippen molar-refractivity contribution in [2.75, 3.05) is 0 Å². The SMILES string of the molecule is CCCCCCCCCCCCCCCCC(=O)O.CCCCCCCCCCCCCCCCCCCCCCCCCCCCCCCC(=O)O. The van der Waals surface area contributed by atoms with Gasteiger partial charge in [0.15, 0.2) is 0 Å². The van der Waals surface area contributed by atoms with Crippen LogP contribution in [0.3, 0.4) is 0 Å². The lowest BCUT2D eigenvalue weighted by Gasteiger charge is -2.04. The molecule has 0 aliphatic rings. The summed E-state index contributed by atoms with van der Waals surface area (Å²) >= 11 is 0. The molecule has 2 N–H and O–H groups in total. The topological polar surface area (TPSA) is 74.6 Å². The molecule has 4 nitrogen and oxygen atoms in total. The van der Waals surface area contributed by atoms with Gasteiger partial charge in [-0.2, -0.15) is 0 Å². The van der Waals surface area contributed by atoms with Crippen LogP contribution in [-0.4, -0.2) is 22.2 Å². The molecule has 0 amide bonds. The van der Waals surface area contributed by atoms with E-state index in [0.717, 1.165) is 25.7 Å². The lowest BCUT2D eigenvalue weighted by atomic mass is 10.0. The maximum atomic E-state index is 10.5. The number of unbranched alkanes of at least 4 members (excludes halogenated alkanes) is 41. The Balaban J connectivity index is 0. The Morgan fingerprint density at radius 3 is 0.453 bits per heavy atom. The standard InChI is InChI=1S/C32H64O2.C17H34O2/c1-2-3-4-5-6-7-8-9-10-11-12-13-14-15-16-17-18-19-20-21-22-23-24-25-26-27-28-29-30-31-32(33)34;1-2-3-4-5-6-7-8-9-10-11-12-13-14-15-16-17(18)19/h2-31H2,1H3,(H,33,34);2-16H2,1H3,(H,18,19). The smallest absolute Gasteiger partial charge is 0.303 e. The predicted molar refractivity (Wildman–Crippen MR) is 234 cm³/mol. The molecule has 0 bridgehead atoms. The molecule has 0 aromatic carbocycles. The number of hydrogen-bond donors (Lipinski definition) is 2. The minimum Gasteiger partial charge on any atom is -0.481 e. The molecule has 0 atom stereocenters.